The number of Topliss-reactive ketones (excluding diaryl/α,β-unsaturated/α-hetero) is 4. The first-order chi connectivity index (χ1) is 21.1. The predicted molar refractivity (Wildman–Crippen MR) is 187 cm³/mol. The molecule has 2 N–H and O–H groups in total. The van der Waals surface area contributed by atoms with Crippen LogP contribution in [0.3, 0.4) is 0 Å². The Bertz CT molecular complexity index is 1280. The van der Waals surface area contributed by atoms with Crippen molar-refractivity contribution >= 4 is 31.2 Å². The summed E-state index contributed by atoms with van der Waals surface area (Å²) in [7, 11) is -1.05. The number of rotatable bonds is 16. The molecule has 2 atom stereocenters. The van der Waals surface area contributed by atoms with Crippen molar-refractivity contribution in [2.45, 2.75) is 138 Å². The Labute approximate surface area is 278 Å². The zero-order valence-electron chi connectivity index (χ0n) is 30.6. The third kappa shape index (κ3) is 12.7. The second-order valence-electron chi connectivity index (χ2n) is 14.8. The van der Waals surface area contributed by atoms with E-state index in [-0.39, 0.29) is 36.3 Å². The molecule has 2 aliphatic carbocycles. The minimum absolute atomic E-state index is 0.0608. The summed E-state index contributed by atoms with van der Waals surface area (Å²) in [5.74, 6) is -0.269. The first kappa shape index (κ1) is 41.7. The van der Waals surface area contributed by atoms with Crippen LogP contribution in [0.1, 0.15) is 101 Å². The fourth-order valence-corrected chi connectivity index (χ4v) is 6.48. The van der Waals surface area contributed by atoms with Crippen molar-refractivity contribution in [3.05, 3.63) is 44.6 Å². The molecule has 46 heavy (non-hydrogen) atoms. The van der Waals surface area contributed by atoms with Gasteiger partial charge in [-0.15, -0.1) is 0 Å². The second-order valence-corrected chi connectivity index (χ2v) is 20.4. The summed E-state index contributed by atoms with van der Waals surface area (Å²) in [4.78, 5) is 49.0. The number of allylic oxidation sites excluding steroid dienone is 8. The zero-order chi connectivity index (χ0) is 35.6. The maximum Gasteiger partial charge on any atom is 0.185 e. The number of carbonyl (C=O) groups excluding carboxylic acids is 4. The summed E-state index contributed by atoms with van der Waals surface area (Å²) >= 11 is 0. The van der Waals surface area contributed by atoms with Crippen molar-refractivity contribution in [3.63, 3.8) is 0 Å². The van der Waals surface area contributed by atoms with Gasteiger partial charge < -0.3 is 19.7 Å². The Kier molecular flexibility index (Phi) is 16.1. The summed E-state index contributed by atoms with van der Waals surface area (Å²) in [6.45, 7) is 24.3. The number of carbonyl (C=O) groups is 4. The van der Waals surface area contributed by atoms with E-state index in [0.717, 1.165) is 12.8 Å². The van der Waals surface area contributed by atoms with E-state index in [1.807, 2.05) is 6.92 Å². The number of aliphatic hydroxyl groups is 2. The maximum absolute atomic E-state index is 12.4. The molecule has 0 heterocycles. The average molecular weight is 661 g/mol. The van der Waals surface area contributed by atoms with E-state index in [9.17, 15) is 29.4 Å². The molecule has 0 amide bonds. The Balaban J connectivity index is 0.000000467. The Morgan fingerprint density at radius 3 is 1.28 bits per heavy atom. The van der Waals surface area contributed by atoms with Gasteiger partial charge in [0.1, 0.15) is 0 Å². The molecule has 0 bridgehead atoms. The standard InChI is InChI=1S/C20H34O4Si.C17H26O4/c1-14-15(2)19(22)17(16(3)18(14)21)9-10-20(4,23)13-24-11-8-12-25(5,6)7;1-6-9-21-10-17(5,20)8-7-14-13(4)15(18)11(2)12(3)16(14)19/h23H,8-13H2,1-7H3;20H,6-10H2,1-5H3/t20-;17-/m10/s1. The number of ether oxygens (including phenoxy) is 2. The second kappa shape index (κ2) is 17.7. The molecule has 2 aliphatic rings. The molecule has 8 nitrogen and oxygen atoms in total. The van der Waals surface area contributed by atoms with Crippen LogP contribution in [0.25, 0.3) is 0 Å². The molecule has 0 spiro atoms. The van der Waals surface area contributed by atoms with E-state index in [4.69, 9.17) is 9.47 Å². The van der Waals surface area contributed by atoms with Crippen LogP contribution in [-0.2, 0) is 28.7 Å². The highest BCUT2D eigenvalue weighted by Gasteiger charge is 2.31. The largest absolute Gasteiger partial charge is 0.388 e. The molecule has 0 aromatic carbocycles. The topological polar surface area (TPSA) is 127 Å². The van der Waals surface area contributed by atoms with Gasteiger partial charge >= 0.3 is 0 Å². The number of hydrogen-bond acceptors (Lipinski definition) is 8. The highest BCUT2D eigenvalue weighted by Crippen LogP contribution is 2.30. The van der Waals surface area contributed by atoms with Gasteiger partial charge in [-0.25, -0.2) is 0 Å². The lowest BCUT2D eigenvalue weighted by molar-refractivity contribution is -0.116. The monoisotopic (exact) mass is 660 g/mol. The lowest BCUT2D eigenvalue weighted by atomic mass is 9.82. The molecule has 0 saturated heterocycles. The maximum atomic E-state index is 12.4. The zero-order valence-corrected chi connectivity index (χ0v) is 31.6. The van der Waals surface area contributed by atoms with Crippen LogP contribution < -0.4 is 0 Å². The van der Waals surface area contributed by atoms with Crippen LogP contribution in [0.2, 0.25) is 25.7 Å². The molecule has 0 aliphatic heterocycles. The minimum atomic E-state index is -1.05. The van der Waals surface area contributed by atoms with Gasteiger partial charge in [0.25, 0.3) is 0 Å². The van der Waals surface area contributed by atoms with E-state index in [2.05, 4.69) is 19.6 Å². The molecule has 0 aromatic rings. The van der Waals surface area contributed by atoms with Crippen LogP contribution >= 0.6 is 0 Å². The summed E-state index contributed by atoms with van der Waals surface area (Å²) < 4.78 is 11.0. The van der Waals surface area contributed by atoms with Crippen molar-refractivity contribution in [2.75, 3.05) is 26.4 Å². The first-order valence-corrected chi connectivity index (χ1v) is 20.3. The molecular formula is C37H60O8Si. The molecule has 0 aromatic heterocycles. The van der Waals surface area contributed by atoms with Gasteiger partial charge in [-0.3, -0.25) is 19.2 Å². The van der Waals surface area contributed by atoms with Gasteiger partial charge in [-0.2, -0.15) is 0 Å². The molecule has 0 radical (unpaired) electrons. The van der Waals surface area contributed by atoms with Crippen LogP contribution in [0.5, 0.6) is 0 Å². The van der Waals surface area contributed by atoms with Crippen molar-refractivity contribution in [1.82, 2.24) is 0 Å². The Morgan fingerprint density at radius 2 is 0.935 bits per heavy atom. The van der Waals surface area contributed by atoms with Crippen LogP contribution in [0.4, 0.5) is 0 Å². The van der Waals surface area contributed by atoms with Crippen molar-refractivity contribution in [2.24, 2.45) is 0 Å². The Morgan fingerprint density at radius 1 is 0.587 bits per heavy atom. The van der Waals surface area contributed by atoms with E-state index in [0.29, 0.717) is 83.5 Å². The van der Waals surface area contributed by atoms with Crippen LogP contribution in [0, 0.1) is 0 Å². The predicted octanol–water partition coefficient (Wildman–Crippen LogP) is 6.82. The molecular weight excluding hydrogens is 600 g/mol. The van der Waals surface area contributed by atoms with Gasteiger partial charge in [0, 0.05) is 65.9 Å². The van der Waals surface area contributed by atoms with E-state index >= 15 is 0 Å². The molecule has 260 valence electrons. The van der Waals surface area contributed by atoms with E-state index in [1.165, 1.54) is 6.04 Å². The van der Waals surface area contributed by atoms with Gasteiger partial charge in [0.15, 0.2) is 23.1 Å². The third-order valence-electron chi connectivity index (χ3n) is 8.84. The molecule has 0 saturated carbocycles. The van der Waals surface area contributed by atoms with Crippen molar-refractivity contribution < 1.29 is 38.9 Å². The van der Waals surface area contributed by atoms with Gasteiger partial charge in [0.05, 0.1) is 24.4 Å². The summed E-state index contributed by atoms with van der Waals surface area (Å²) in [5.41, 5.74) is 2.19. The molecule has 0 fully saturated rings. The van der Waals surface area contributed by atoms with Gasteiger partial charge in [0.2, 0.25) is 0 Å². The smallest absolute Gasteiger partial charge is 0.185 e. The summed E-state index contributed by atoms with van der Waals surface area (Å²) in [6.07, 6.45) is 3.51. The molecule has 9 heteroatoms. The lowest BCUT2D eigenvalue weighted by Crippen LogP contribution is -2.32. The Hall–Kier alpha value is -2.30. The van der Waals surface area contributed by atoms with Crippen LogP contribution in [-0.4, -0.2) is 79.0 Å². The van der Waals surface area contributed by atoms with Crippen LogP contribution in [0.15, 0.2) is 44.6 Å². The summed E-state index contributed by atoms with van der Waals surface area (Å²) in [5, 5.41) is 20.8. The quantitative estimate of drug-likeness (QED) is 0.105. The van der Waals surface area contributed by atoms with Gasteiger partial charge in [-0.05, 0) is 93.9 Å². The lowest BCUT2D eigenvalue weighted by Gasteiger charge is -2.25. The number of ketones is 4. The summed E-state index contributed by atoms with van der Waals surface area (Å²) in [6, 6.07) is 1.21. The van der Waals surface area contributed by atoms with Crippen molar-refractivity contribution in [1.29, 1.82) is 0 Å². The average Bonchev–Trinajstić information content (AvgIpc) is 2.96. The fourth-order valence-electron chi connectivity index (χ4n) is 5.28. The minimum Gasteiger partial charge on any atom is -0.388 e. The number of hydrogen-bond donors (Lipinski definition) is 2. The van der Waals surface area contributed by atoms with E-state index in [1.54, 1.807) is 55.4 Å². The third-order valence-corrected chi connectivity index (χ3v) is 10.7. The highest BCUT2D eigenvalue weighted by molar-refractivity contribution is 6.76. The SMILES string of the molecule is CC1=C(C)C(=O)C(CC[C@@](C)(O)COCCC[Si](C)(C)C)=C(C)C1=O.CCCOC[C@@](C)(O)CCC1=C(C)C(=O)C(C)=C(C)C1=O. The fraction of sp³-hybridized carbons (Fsp3) is 0.676. The van der Waals surface area contributed by atoms with E-state index < -0.39 is 19.3 Å². The molecule has 0 unspecified atom stereocenters. The molecule has 2 rings (SSSR count). The van der Waals surface area contributed by atoms with Gasteiger partial charge in [-0.1, -0.05) is 32.6 Å². The first-order valence-electron chi connectivity index (χ1n) is 16.6. The van der Waals surface area contributed by atoms with Crippen molar-refractivity contribution in [3.8, 4) is 0 Å². The highest BCUT2D eigenvalue weighted by atomic mass is 28.3. The normalized spacial score (nSPS) is 19.1.